The molecule has 2 N–H and O–H groups in total. The molecule has 0 radical (unpaired) electrons. The number of hydrogen-bond donors (Lipinski definition) is 1. The Bertz CT molecular complexity index is 155. The Hall–Kier alpha value is 0.130. The van der Waals surface area contributed by atoms with Crippen molar-refractivity contribution in [3.05, 3.63) is 0 Å². The monoisotopic (exact) mass is 252 g/mol. The van der Waals surface area contributed by atoms with E-state index in [-0.39, 0.29) is 12.4 Å². The van der Waals surface area contributed by atoms with E-state index in [4.69, 9.17) is 15.2 Å². The minimum Gasteiger partial charge on any atom is -0.381 e. The SMILES string of the molecule is CN(CCOCCN)CC1CCCOC1.Cl. The molecule has 1 unspecified atom stereocenters. The van der Waals surface area contributed by atoms with Gasteiger partial charge in [0, 0.05) is 26.2 Å². The summed E-state index contributed by atoms with van der Waals surface area (Å²) < 4.78 is 10.8. The van der Waals surface area contributed by atoms with Gasteiger partial charge in [-0.3, -0.25) is 0 Å². The molecule has 1 atom stereocenters. The summed E-state index contributed by atoms with van der Waals surface area (Å²) in [5.41, 5.74) is 5.34. The first kappa shape index (κ1) is 16.1. The zero-order valence-corrected chi connectivity index (χ0v) is 11.0. The van der Waals surface area contributed by atoms with E-state index in [2.05, 4.69) is 11.9 Å². The third-order valence-electron chi connectivity index (χ3n) is 2.70. The molecule has 5 heteroatoms. The Morgan fingerprint density at radius 3 is 2.88 bits per heavy atom. The average Bonchev–Trinajstić information content (AvgIpc) is 2.26. The van der Waals surface area contributed by atoms with Crippen molar-refractivity contribution in [3.8, 4) is 0 Å². The average molecular weight is 253 g/mol. The maximum atomic E-state index is 5.45. The van der Waals surface area contributed by atoms with Gasteiger partial charge in [0.2, 0.25) is 0 Å². The van der Waals surface area contributed by atoms with Crippen LogP contribution in [-0.2, 0) is 9.47 Å². The molecule has 1 saturated heterocycles. The Morgan fingerprint density at radius 1 is 1.44 bits per heavy atom. The minimum absolute atomic E-state index is 0. The van der Waals surface area contributed by atoms with E-state index < -0.39 is 0 Å². The highest BCUT2D eigenvalue weighted by atomic mass is 35.5. The third-order valence-corrected chi connectivity index (χ3v) is 2.70. The molecule has 1 aliphatic rings. The molecule has 1 heterocycles. The lowest BCUT2D eigenvalue weighted by Gasteiger charge is -2.26. The lowest BCUT2D eigenvalue weighted by molar-refractivity contribution is 0.0367. The van der Waals surface area contributed by atoms with Crippen LogP contribution in [0.1, 0.15) is 12.8 Å². The second-order valence-electron chi connectivity index (χ2n) is 4.25. The Labute approximate surface area is 105 Å². The predicted octanol–water partition coefficient (Wildman–Crippen LogP) is 0.742. The highest BCUT2D eigenvalue weighted by Gasteiger charge is 2.15. The highest BCUT2D eigenvalue weighted by Crippen LogP contribution is 2.13. The van der Waals surface area contributed by atoms with Gasteiger partial charge in [0.15, 0.2) is 0 Å². The van der Waals surface area contributed by atoms with E-state index in [1.165, 1.54) is 12.8 Å². The van der Waals surface area contributed by atoms with Gasteiger partial charge in [-0.15, -0.1) is 12.4 Å². The molecule has 98 valence electrons. The van der Waals surface area contributed by atoms with Crippen LogP contribution in [0.4, 0.5) is 0 Å². The first-order valence-electron chi connectivity index (χ1n) is 5.87. The van der Waals surface area contributed by atoms with E-state index in [1.807, 2.05) is 0 Å². The molecule has 0 bridgehead atoms. The van der Waals surface area contributed by atoms with Crippen LogP contribution >= 0.6 is 12.4 Å². The third kappa shape index (κ3) is 7.41. The van der Waals surface area contributed by atoms with Crippen molar-refractivity contribution in [2.24, 2.45) is 11.7 Å². The first-order valence-corrected chi connectivity index (χ1v) is 5.87. The van der Waals surface area contributed by atoms with Crippen molar-refractivity contribution in [3.63, 3.8) is 0 Å². The Morgan fingerprint density at radius 2 is 2.25 bits per heavy atom. The number of nitrogens with zero attached hydrogens (tertiary/aromatic N) is 1. The highest BCUT2D eigenvalue weighted by molar-refractivity contribution is 5.85. The topological polar surface area (TPSA) is 47.7 Å². The summed E-state index contributed by atoms with van der Waals surface area (Å²) in [6, 6.07) is 0. The summed E-state index contributed by atoms with van der Waals surface area (Å²) in [6.07, 6.45) is 2.51. The molecule has 0 aromatic heterocycles. The van der Waals surface area contributed by atoms with Crippen molar-refractivity contribution >= 4 is 12.4 Å². The number of rotatable bonds is 7. The maximum Gasteiger partial charge on any atom is 0.0593 e. The van der Waals surface area contributed by atoms with Crippen molar-refractivity contribution in [1.82, 2.24) is 4.90 Å². The van der Waals surface area contributed by atoms with Crippen LogP contribution in [0.25, 0.3) is 0 Å². The van der Waals surface area contributed by atoms with Gasteiger partial charge in [-0.05, 0) is 25.8 Å². The summed E-state index contributed by atoms with van der Waals surface area (Å²) in [6.45, 7) is 6.03. The molecule has 1 fully saturated rings. The summed E-state index contributed by atoms with van der Waals surface area (Å²) in [7, 11) is 2.14. The molecule has 0 saturated carbocycles. The van der Waals surface area contributed by atoms with Crippen LogP contribution < -0.4 is 5.73 Å². The van der Waals surface area contributed by atoms with Crippen molar-refractivity contribution in [2.45, 2.75) is 12.8 Å². The fourth-order valence-corrected chi connectivity index (χ4v) is 1.89. The zero-order valence-electron chi connectivity index (χ0n) is 10.2. The fraction of sp³-hybridized carbons (Fsp3) is 1.00. The molecule has 1 rings (SSSR count). The van der Waals surface area contributed by atoms with E-state index >= 15 is 0 Å². The van der Waals surface area contributed by atoms with Gasteiger partial charge in [-0.2, -0.15) is 0 Å². The van der Waals surface area contributed by atoms with Crippen LogP contribution in [0.15, 0.2) is 0 Å². The number of likely N-dealkylation sites (N-methyl/N-ethyl adjacent to an activating group) is 1. The van der Waals surface area contributed by atoms with Crippen molar-refractivity contribution < 1.29 is 9.47 Å². The van der Waals surface area contributed by atoms with E-state index in [9.17, 15) is 0 Å². The van der Waals surface area contributed by atoms with E-state index in [0.717, 1.165) is 32.9 Å². The summed E-state index contributed by atoms with van der Waals surface area (Å²) >= 11 is 0. The molecule has 0 aliphatic carbocycles. The van der Waals surface area contributed by atoms with Crippen LogP contribution in [0.3, 0.4) is 0 Å². The van der Waals surface area contributed by atoms with Gasteiger partial charge in [0.1, 0.15) is 0 Å². The zero-order chi connectivity index (χ0) is 10.9. The summed E-state index contributed by atoms with van der Waals surface area (Å²) in [4.78, 5) is 2.32. The fourth-order valence-electron chi connectivity index (χ4n) is 1.89. The summed E-state index contributed by atoms with van der Waals surface area (Å²) in [5, 5.41) is 0. The second-order valence-corrected chi connectivity index (χ2v) is 4.25. The van der Waals surface area contributed by atoms with Crippen molar-refractivity contribution in [1.29, 1.82) is 0 Å². The van der Waals surface area contributed by atoms with Crippen molar-refractivity contribution in [2.75, 3.05) is 53.1 Å². The molecule has 0 aromatic carbocycles. The van der Waals surface area contributed by atoms with Crippen LogP contribution in [0.2, 0.25) is 0 Å². The largest absolute Gasteiger partial charge is 0.381 e. The molecule has 0 aromatic rings. The molecule has 0 spiro atoms. The van der Waals surface area contributed by atoms with Crippen LogP contribution in [0, 0.1) is 5.92 Å². The first-order chi connectivity index (χ1) is 7.33. The maximum absolute atomic E-state index is 5.45. The van der Waals surface area contributed by atoms with Crippen LogP contribution in [-0.4, -0.2) is 58.0 Å². The molecular formula is C11H25ClN2O2. The number of hydrogen-bond acceptors (Lipinski definition) is 4. The predicted molar refractivity (Wildman–Crippen MR) is 68.2 cm³/mol. The number of nitrogens with two attached hydrogens (primary N) is 1. The second kappa shape index (κ2) is 10.3. The van der Waals surface area contributed by atoms with Gasteiger partial charge < -0.3 is 20.1 Å². The van der Waals surface area contributed by atoms with Gasteiger partial charge in [0.05, 0.1) is 19.8 Å². The van der Waals surface area contributed by atoms with Gasteiger partial charge in [0.25, 0.3) is 0 Å². The lowest BCUT2D eigenvalue weighted by atomic mass is 10.0. The smallest absolute Gasteiger partial charge is 0.0593 e. The Balaban J connectivity index is 0.00000225. The van der Waals surface area contributed by atoms with Gasteiger partial charge in [-0.25, -0.2) is 0 Å². The molecule has 4 nitrogen and oxygen atoms in total. The Kier molecular flexibility index (Phi) is 10.4. The lowest BCUT2D eigenvalue weighted by Crippen LogP contribution is -2.33. The molecule has 0 amide bonds. The van der Waals surface area contributed by atoms with Gasteiger partial charge >= 0.3 is 0 Å². The molecule has 1 aliphatic heterocycles. The van der Waals surface area contributed by atoms with E-state index in [1.54, 1.807) is 0 Å². The quantitative estimate of drug-likeness (QED) is 0.679. The van der Waals surface area contributed by atoms with E-state index in [0.29, 0.717) is 19.1 Å². The minimum atomic E-state index is 0. The van der Waals surface area contributed by atoms with Crippen LogP contribution in [0.5, 0.6) is 0 Å². The van der Waals surface area contributed by atoms with Gasteiger partial charge in [-0.1, -0.05) is 0 Å². The standard InChI is InChI=1S/C11H24N2O2.ClH/c1-13(5-8-14-7-4-12)9-11-3-2-6-15-10-11;/h11H,2-10,12H2,1H3;1H. The number of halogens is 1. The summed E-state index contributed by atoms with van der Waals surface area (Å²) in [5.74, 6) is 0.707. The normalized spacial score (nSPS) is 20.8. The number of ether oxygens (including phenoxy) is 2. The molecule has 16 heavy (non-hydrogen) atoms. The molecular weight excluding hydrogens is 228 g/mol.